The monoisotopic (exact) mass is 1770 g/mol. The predicted molar refractivity (Wildman–Crippen MR) is 458 cm³/mol. The van der Waals surface area contributed by atoms with E-state index in [9.17, 15) is 0 Å². The first-order chi connectivity index (χ1) is 58.4. The summed E-state index contributed by atoms with van der Waals surface area (Å²) in [5.74, 6) is 2.32. The third-order valence-electron chi connectivity index (χ3n) is 17.1. The fourth-order valence-electron chi connectivity index (χ4n) is 11.1. The standard InChI is InChI=1S/2C27H33N4.2C17H13N4.C6H14.2ClHO4.2Co/c2*1-2-3-4-5-6-7-8-9-14-23-18-20-24(21-19-23)29-25-15-10-11-16-26(25)30-31-27-17-12-13-22-28-27;2*1-2-8-14(9-3-1)19-15-10-4-5-11-16(15)20-21-17-12-6-7-13-18-17;1-3-5-6-4-2;2*2-1(3,4)5;;/h2*10-13,15-22H,2-9,14H2,1H3;2*1-13H;3-6H2,1-2H3;2*(H,2,3,4,5);;/q4*-1;;;;2*+3/p-2. The minimum Gasteiger partial charge on any atom is -0.656 e. The molecule has 0 atom stereocenters. The molecule has 0 aliphatic heterocycles. The van der Waals surface area contributed by atoms with Gasteiger partial charge in [-0.05, 0) is 110 Å². The molecule has 12 aromatic rings. The zero-order chi connectivity index (χ0) is 85.6. The van der Waals surface area contributed by atoms with E-state index in [0.717, 1.165) is 69.7 Å². The maximum Gasteiger partial charge on any atom is 3.00 e. The van der Waals surface area contributed by atoms with E-state index in [2.05, 4.69) is 148 Å². The molecule has 4 heterocycles. The molecule has 0 unspecified atom stereocenters. The zero-order valence-electron chi connectivity index (χ0n) is 69.3. The van der Waals surface area contributed by atoms with E-state index < -0.39 is 20.5 Å². The molecule has 0 bridgehead atoms. The minimum atomic E-state index is -4.94. The number of rotatable bonds is 37. The van der Waals surface area contributed by atoms with Crippen LogP contribution < -0.4 is 37.3 Å². The number of pyridine rings is 4. The molecule has 0 fully saturated rings. The number of halogens is 2. The van der Waals surface area contributed by atoms with Crippen molar-refractivity contribution >= 4 is 91.5 Å². The van der Waals surface area contributed by atoms with Crippen LogP contribution in [-0.2, 0) is 46.4 Å². The number of hydrogen-bond acceptors (Lipinski definition) is 20. The molecule has 0 amide bonds. The maximum absolute atomic E-state index is 8.49. The average Bonchev–Trinajstić information content (AvgIpc) is 0.863. The Hall–Kier alpha value is -10.8. The summed E-state index contributed by atoms with van der Waals surface area (Å²) in [6.45, 7) is 9.00. The van der Waals surface area contributed by atoms with Crippen molar-refractivity contribution in [1.29, 1.82) is 0 Å². The Labute approximate surface area is 743 Å². The molecule has 122 heavy (non-hydrogen) atoms. The number of para-hydroxylation sites is 6. The molecule has 0 saturated heterocycles. The number of hydrogen-bond donors (Lipinski definition) is 0. The van der Waals surface area contributed by atoms with Crippen molar-refractivity contribution in [2.45, 2.75) is 169 Å². The molecule has 0 saturated carbocycles. The van der Waals surface area contributed by atoms with Gasteiger partial charge in [-0.15, -0.1) is 86.4 Å². The van der Waals surface area contributed by atoms with Crippen LogP contribution in [0.25, 0.3) is 21.3 Å². The van der Waals surface area contributed by atoms with Gasteiger partial charge in [-0.25, -0.2) is 57.2 Å². The summed E-state index contributed by atoms with van der Waals surface area (Å²) >= 11 is 0. The van der Waals surface area contributed by atoms with Gasteiger partial charge in [0.25, 0.3) is 0 Å². The first kappa shape index (κ1) is 104. The van der Waals surface area contributed by atoms with E-state index in [1.807, 2.05) is 218 Å². The van der Waals surface area contributed by atoms with Crippen LogP contribution in [0, 0.1) is 20.5 Å². The van der Waals surface area contributed by atoms with Crippen LogP contribution in [0.5, 0.6) is 0 Å². The van der Waals surface area contributed by atoms with E-state index >= 15 is 0 Å². The van der Waals surface area contributed by atoms with Gasteiger partial charge in [-0.3, -0.25) is 0 Å². The quantitative estimate of drug-likeness (QED) is 0.0259. The van der Waals surface area contributed by atoms with Crippen molar-refractivity contribution < 1.29 is 91.3 Å². The van der Waals surface area contributed by atoms with Crippen LogP contribution in [0.4, 0.5) is 91.5 Å². The zero-order valence-corrected chi connectivity index (χ0v) is 72.9. The summed E-state index contributed by atoms with van der Waals surface area (Å²) in [5, 5.41) is 52.6. The Bertz CT molecular complexity index is 4440. The first-order valence-corrected chi connectivity index (χ1v) is 43.0. The van der Waals surface area contributed by atoms with Gasteiger partial charge in [-0.2, -0.15) is 20.5 Å². The van der Waals surface area contributed by atoms with Gasteiger partial charge >= 0.3 is 33.6 Å². The Morgan fingerprint density at radius 1 is 0.221 bits per heavy atom. The van der Waals surface area contributed by atoms with Crippen molar-refractivity contribution in [3.8, 4) is 0 Å². The summed E-state index contributed by atoms with van der Waals surface area (Å²) in [6.07, 6.45) is 36.3. The molecular formula is C94H106Cl2Co2N16O8. The van der Waals surface area contributed by atoms with Crippen molar-refractivity contribution in [3.63, 3.8) is 0 Å². The van der Waals surface area contributed by atoms with Crippen LogP contribution in [0.2, 0.25) is 0 Å². The second kappa shape index (κ2) is 64.1. The number of benzene rings is 8. The van der Waals surface area contributed by atoms with Crippen LogP contribution in [0.15, 0.2) is 345 Å². The third kappa shape index (κ3) is 49.8. The van der Waals surface area contributed by atoms with E-state index in [0.29, 0.717) is 34.6 Å². The molecule has 642 valence electrons. The molecule has 8 aromatic carbocycles. The van der Waals surface area contributed by atoms with Gasteiger partial charge in [-0.1, -0.05) is 350 Å². The number of nitrogens with zero attached hydrogens (tertiary/aromatic N) is 16. The molecule has 4 aromatic heterocycles. The molecule has 12 rings (SSSR count). The van der Waals surface area contributed by atoms with Crippen LogP contribution in [0.3, 0.4) is 0 Å². The number of azo groups is 4. The summed E-state index contributed by atoms with van der Waals surface area (Å²) < 4.78 is 67.9. The Balaban J connectivity index is 0.000000323. The van der Waals surface area contributed by atoms with Crippen molar-refractivity contribution in [2.75, 3.05) is 0 Å². The van der Waals surface area contributed by atoms with Gasteiger partial charge in [0.2, 0.25) is 0 Å². The summed E-state index contributed by atoms with van der Waals surface area (Å²) in [6, 6.07) is 89.8. The predicted octanol–water partition coefficient (Wildman–Crippen LogP) is 23.8. The van der Waals surface area contributed by atoms with Gasteiger partial charge in [0.05, 0.1) is 22.7 Å². The number of unbranched alkanes of at least 4 members (excludes halogenated alkanes) is 17. The molecule has 0 spiro atoms. The summed E-state index contributed by atoms with van der Waals surface area (Å²) in [5.41, 5.74) is 12.5. The second-order valence-corrected chi connectivity index (χ2v) is 28.4. The van der Waals surface area contributed by atoms with Crippen molar-refractivity contribution in [2.24, 2.45) is 40.9 Å². The van der Waals surface area contributed by atoms with Crippen LogP contribution >= 0.6 is 0 Å². The van der Waals surface area contributed by atoms with Gasteiger partial charge < -0.3 is 21.3 Å². The fourth-order valence-corrected chi connectivity index (χ4v) is 11.1. The Morgan fingerprint density at radius 3 is 0.648 bits per heavy atom. The van der Waals surface area contributed by atoms with Gasteiger partial charge in [0, 0.05) is 24.8 Å². The molecule has 0 aliphatic carbocycles. The Kier molecular flexibility index (Phi) is 54.4. The van der Waals surface area contributed by atoms with Crippen LogP contribution in [-0.4, -0.2) is 19.9 Å². The third-order valence-corrected chi connectivity index (χ3v) is 17.1. The summed E-state index contributed by atoms with van der Waals surface area (Å²) in [7, 11) is -9.89. The second-order valence-electron chi connectivity index (χ2n) is 26.9. The number of aryl methyl sites for hydroxylation is 2. The maximum atomic E-state index is 8.49. The molecule has 0 aliphatic rings. The molecular weight excluding hydrogens is 1670 g/mol. The van der Waals surface area contributed by atoms with Crippen LogP contribution in [0.1, 0.15) is 167 Å². The Morgan fingerprint density at radius 2 is 0.418 bits per heavy atom. The van der Waals surface area contributed by atoms with Crippen molar-refractivity contribution in [3.05, 3.63) is 336 Å². The van der Waals surface area contributed by atoms with E-state index in [1.54, 1.807) is 36.9 Å². The van der Waals surface area contributed by atoms with Crippen molar-refractivity contribution in [1.82, 2.24) is 19.9 Å². The first-order valence-electron chi connectivity index (χ1n) is 40.5. The van der Waals surface area contributed by atoms with E-state index in [1.165, 1.54) is 140 Å². The molecule has 24 nitrogen and oxygen atoms in total. The largest absolute Gasteiger partial charge is 3.00 e. The molecule has 0 N–H and O–H groups in total. The smallest absolute Gasteiger partial charge is 0.656 e. The van der Waals surface area contributed by atoms with E-state index in [-0.39, 0.29) is 33.6 Å². The van der Waals surface area contributed by atoms with Gasteiger partial charge in [0.15, 0.2) is 23.3 Å². The summed E-state index contributed by atoms with van der Waals surface area (Å²) in [4.78, 5) is 16.6. The minimum absolute atomic E-state index is 0. The average molecular weight is 1780 g/mol. The number of aromatic nitrogens is 4. The fraction of sp³-hybridized carbons (Fsp3) is 0.277. The molecule has 28 heteroatoms. The van der Waals surface area contributed by atoms with E-state index in [4.69, 9.17) is 47.9 Å². The molecule has 0 radical (unpaired) electrons. The van der Waals surface area contributed by atoms with Gasteiger partial charge in [0.1, 0.15) is 0 Å². The normalized spacial score (nSPS) is 10.8. The topological polar surface area (TPSA) is 391 Å². The SMILES string of the molecule is CCCCCC.CCCCCCCCCCc1ccc([N-]c2ccccc2N=Nc2ccccn2)cc1.CCCCCCCCCCc1ccc([N-]c2ccccc2N=Nc2ccccn2)cc1.[Co+3].[Co+3].[O-][Cl+3]([O-])([O-])[O-].[O-][Cl+3]([O-])([O-])[O-].c1ccc([N-]c2ccccc2N=Nc2ccccn2)cc1.c1ccc([N-]c2ccccc2N=Nc2ccccn2)cc1.